The van der Waals surface area contributed by atoms with E-state index in [1.165, 1.54) is 24.2 Å². The van der Waals surface area contributed by atoms with Gasteiger partial charge in [0.1, 0.15) is 0 Å². The highest BCUT2D eigenvalue weighted by atomic mass is 16.6. The zero-order chi connectivity index (χ0) is 18.3. The first kappa shape index (κ1) is 15.6. The van der Waals surface area contributed by atoms with Gasteiger partial charge in [-0.25, -0.2) is 5.01 Å². The van der Waals surface area contributed by atoms with E-state index in [0.29, 0.717) is 17.8 Å². The molecule has 1 aromatic rings. The molecule has 25 heavy (non-hydrogen) atoms. The van der Waals surface area contributed by atoms with E-state index in [2.05, 4.69) is 0 Å². The number of fused-ring (bicyclic) bond motifs is 5. The van der Waals surface area contributed by atoms with Crippen LogP contribution in [0, 0.1) is 15.5 Å². The summed E-state index contributed by atoms with van der Waals surface area (Å²) in [6.45, 7) is 3.89. The molecule has 1 atom stereocenters. The topological polar surface area (TPSA) is 104 Å². The number of benzene rings is 1. The Labute approximate surface area is 142 Å². The van der Waals surface area contributed by atoms with Crippen LogP contribution in [-0.4, -0.2) is 46.1 Å². The summed E-state index contributed by atoms with van der Waals surface area (Å²) >= 11 is 0. The molecule has 0 radical (unpaired) electrons. The lowest BCUT2D eigenvalue weighted by Gasteiger charge is -2.33. The van der Waals surface area contributed by atoms with Crippen LogP contribution in [0.15, 0.2) is 18.2 Å². The number of hydrogen-bond donors (Lipinski definition) is 0. The van der Waals surface area contributed by atoms with Crippen molar-refractivity contribution in [1.82, 2.24) is 9.91 Å². The maximum atomic E-state index is 13.0. The van der Waals surface area contributed by atoms with Crippen molar-refractivity contribution in [1.29, 1.82) is 0 Å². The second-order valence-electron chi connectivity index (χ2n) is 7.31. The van der Waals surface area contributed by atoms with E-state index in [-0.39, 0.29) is 18.0 Å². The first-order chi connectivity index (χ1) is 11.6. The van der Waals surface area contributed by atoms with E-state index in [9.17, 15) is 24.5 Å². The molecule has 1 aromatic carbocycles. The molecule has 3 heterocycles. The van der Waals surface area contributed by atoms with Gasteiger partial charge in [0, 0.05) is 24.7 Å². The molecular formula is C16H16N4O5. The number of nitro benzene ring substituents is 1. The molecule has 2 saturated heterocycles. The maximum Gasteiger partial charge on any atom is 0.269 e. The Hall–Kier alpha value is -2.97. The van der Waals surface area contributed by atoms with Gasteiger partial charge in [0.15, 0.2) is 5.54 Å². The predicted molar refractivity (Wildman–Crippen MR) is 85.1 cm³/mol. The largest absolute Gasteiger partial charge is 0.283 e. The number of nitrogens with zero attached hydrogens (tertiary/aromatic N) is 4. The van der Waals surface area contributed by atoms with Crippen molar-refractivity contribution >= 4 is 29.1 Å². The summed E-state index contributed by atoms with van der Waals surface area (Å²) in [5, 5.41) is 14.2. The molecule has 130 valence electrons. The molecule has 4 rings (SSSR count). The number of likely N-dealkylation sites (N-methyl/N-ethyl adjacent to an activating group) is 1. The fourth-order valence-electron chi connectivity index (χ4n) is 3.97. The first-order valence-electron chi connectivity index (χ1n) is 7.83. The van der Waals surface area contributed by atoms with Crippen LogP contribution in [0.3, 0.4) is 0 Å². The molecular weight excluding hydrogens is 328 g/mol. The van der Waals surface area contributed by atoms with Gasteiger partial charge in [-0.1, -0.05) is 0 Å². The van der Waals surface area contributed by atoms with Crippen LogP contribution in [-0.2, 0) is 19.9 Å². The van der Waals surface area contributed by atoms with Crippen LogP contribution in [0.2, 0.25) is 0 Å². The number of amides is 3. The smallest absolute Gasteiger partial charge is 0.269 e. The number of hydrazine groups is 1. The van der Waals surface area contributed by atoms with E-state index < -0.39 is 27.7 Å². The summed E-state index contributed by atoms with van der Waals surface area (Å²) in [7, 11) is 1.37. The molecule has 9 nitrogen and oxygen atoms in total. The summed E-state index contributed by atoms with van der Waals surface area (Å²) in [6, 6.07) is 4.19. The lowest BCUT2D eigenvalue weighted by molar-refractivity contribution is -0.384. The zero-order valence-corrected chi connectivity index (χ0v) is 14.0. The normalized spacial score (nSPS) is 26.7. The summed E-state index contributed by atoms with van der Waals surface area (Å²) in [5.74, 6) is -1.22. The minimum Gasteiger partial charge on any atom is -0.283 e. The molecule has 1 unspecified atom stereocenters. The molecule has 3 amide bonds. The van der Waals surface area contributed by atoms with E-state index in [0.717, 1.165) is 4.90 Å². The molecule has 3 aliphatic heterocycles. The standard InChI is InChI=1S/C16H16N4O5/c1-15(2)8-18-11-5-4-9(20(24)25)6-10(11)16(19(18)13(15)22)7-12(21)17(3)14(16)23/h4-6H,7-8H2,1-3H3. The molecule has 0 N–H and O–H groups in total. The van der Waals surface area contributed by atoms with E-state index in [1.807, 2.05) is 0 Å². The van der Waals surface area contributed by atoms with Crippen LogP contribution < -0.4 is 5.01 Å². The molecule has 0 bridgehead atoms. The molecule has 0 aliphatic carbocycles. The Bertz CT molecular complexity index is 879. The molecule has 2 fully saturated rings. The lowest BCUT2D eigenvalue weighted by Crippen LogP contribution is -2.53. The van der Waals surface area contributed by atoms with E-state index >= 15 is 0 Å². The highest BCUT2D eigenvalue weighted by Crippen LogP contribution is 2.55. The van der Waals surface area contributed by atoms with Crippen molar-refractivity contribution in [2.45, 2.75) is 25.8 Å². The third-order valence-corrected chi connectivity index (χ3v) is 5.27. The number of rotatable bonds is 1. The van der Waals surface area contributed by atoms with Gasteiger partial charge in [0.2, 0.25) is 11.8 Å². The molecule has 3 aliphatic rings. The monoisotopic (exact) mass is 344 g/mol. The molecule has 0 aromatic heterocycles. The summed E-state index contributed by atoms with van der Waals surface area (Å²) in [4.78, 5) is 49.8. The lowest BCUT2D eigenvalue weighted by atomic mass is 9.84. The zero-order valence-electron chi connectivity index (χ0n) is 14.0. The van der Waals surface area contributed by atoms with E-state index in [4.69, 9.17) is 0 Å². The van der Waals surface area contributed by atoms with Gasteiger partial charge in [-0.05, 0) is 19.9 Å². The number of carbonyl (C=O) groups is 3. The molecule has 1 spiro atoms. The van der Waals surface area contributed by atoms with Gasteiger partial charge in [-0.2, -0.15) is 0 Å². The van der Waals surface area contributed by atoms with Gasteiger partial charge < -0.3 is 0 Å². The van der Waals surface area contributed by atoms with Crippen molar-refractivity contribution in [3.8, 4) is 0 Å². The van der Waals surface area contributed by atoms with Crippen LogP contribution in [0.25, 0.3) is 0 Å². The number of nitro groups is 1. The Morgan fingerprint density at radius 1 is 1.16 bits per heavy atom. The van der Waals surface area contributed by atoms with Gasteiger partial charge in [-0.3, -0.25) is 34.4 Å². The SMILES string of the molecule is CN1C(=O)CC2(C1=O)c1cc([N+](=O)[O-])ccc1N1CC(C)(C)C(=O)N12. The van der Waals surface area contributed by atoms with Crippen molar-refractivity contribution in [2.24, 2.45) is 5.41 Å². The summed E-state index contributed by atoms with van der Waals surface area (Å²) < 4.78 is 0. The van der Waals surface area contributed by atoms with Crippen LogP contribution in [0.5, 0.6) is 0 Å². The number of hydrogen-bond acceptors (Lipinski definition) is 6. The molecule has 0 saturated carbocycles. The Morgan fingerprint density at radius 2 is 1.84 bits per heavy atom. The van der Waals surface area contributed by atoms with Crippen molar-refractivity contribution in [3.05, 3.63) is 33.9 Å². The number of likely N-dealkylation sites (tertiary alicyclic amines) is 1. The Balaban J connectivity index is 2.01. The average molecular weight is 344 g/mol. The maximum absolute atomic E-state index is 13.0. The highest BCUT2D eigenvalue weighted by molar-refractivity contribution is 6.13. The van der Waals surface area contributed by atoms with Crippen molar-refractivity contribution in [2.75, 3.05) is 18.6 Å². The van der Waals surface area contributed by atoms with Crippen LogP contribution >= 0.6 is 0 Å². The van der Waals surface area contributed by atoms with Crippen LogP contribution in [0.4, 0.5) is 11.4 Å². The molecule has 9 heteroatoms. The number of imide groups is 1. The number of non-ortho nitro benzene ring substituents is 1. The second kappa shape index (κ2) is 4.35. The average Bonchev–Trinajstić information content (AvgIpc) is 3.04. The Kier molecular flexibility index (Phi) is 2.71. The fraction of sp³-hybridized carbons (Fsp3) is 0.438. The minimum absolute atomic E-state index is 0.179. The second-order valence-corrected chi connectivity index (χ2v) is 7.31. The highest BCUT2D eigenvalue weighted by Gasteiger charge is 2.67. The number of carbonyl (C=O) groups excluding carboxylic acids is 3. The quantitative estimate of drug-likeness (QED) is 0.424. The van der Waals surface area contributed by atoms with Crippen molar-refractivity contribution < 1.29 is 19.3 Å². The van der Waals surface area contributed by atoms with Gasteiger partial charge in [-0.15, -0.1) is 0 Å². The Morgan fingerprint density at radius 3 is 2.40 bits per heavy atom. The summed E-state index contributed by atoms with van der Waals surface area (Å²) in [5.41, 5.74) is -1.54. The first-order valence-corrected chi connectivity index (χ1v) is 7.83. The van der Waals surface area contributed by atoms with Crippen molar-refractivity contribution in [3.63, 3.8) is 0 Å². The third-order valence-electron chi connectivity index (χ3n) is 5.27. The van der Waals surface area contributed by atoms with Gasteiger partial charge in [0.25, 0.3) is 11.6 Å². The predicted octanol–water partition coefficient (Wildman–Crippen LogP) is 0.782. The summed E-state index contributed by atoms with van der Waals surface area (Å²) in [6.07, 6.45) is -0.213. The van der Waals surface area contributed by atoms with Gasteiger partial charge >= 0.3 is 0 Å². The number of anilines is 1. The minimum atomic E-state index is -1.53. The van der Waals surface area contributed by atoms with E-state index in [1.54, 1.807) is 24.9 Å². The third kappa shape index (κ3) is 1.65. The van der Waals surface area contributed by atoms with Crippen LogP contribution in [0.1, 0.15) is 25.8 Å². The van der Waals surface area contributed by atoms with Gasteiger partial charge in [0.05, 0.1) is 29.0 Å². The fourth-order valence-corrected chi connectivity index (χ4v) is 3.97.